The van der Waals surface area contributed by atoms with E-state index < -0.39 is 15.8 Å². The Hall–Kier alpha value is -0.690. The van der Waals surface area contributed by atoms with Gasteiger partial charge in [-0.1, -0.05) is 11.6 Å². The number of sulfonamides is 1. The van der Waals surface area contributed by atoms with Crippen LogP contribution in [0.1, 0.15) is 12.8 Å². The molecule has 1 heterocycles. The quantitative estimate of drug-likeness (QED) is 0.924. The number of piperidine rings is 1. The van der Waals surface area contributed by atoms with E-state index in [1.807, 2.05) is 7.05 Å². The molecular weight excluding hydrogens is 303 g/mol. The van der Waals surface area contributed by atoms with Crippen LogP contribution in [0.3, 0.4) is 0 Å². The Balaban J connectivity index is 2.27. The summed E-state index contributed by atoms with van der Waals surface area (Å²) in [6.07, 6.45) is 1.76. The van der Waals surface area contributed by atoms with Gasteiger partial charge < -0.3 is 5.32 Å². The summed E-state index contributed by atoms with van der Waals surface area (Å²) in [7, 11) is -1.98. The lowest BCUT2D eigenvalue weighted by Gasteiger charge is -2.31. The largest absolute Gasteiger partial charge is 0.319 e. The molecule has 1 aromatic carbocycles. The van der Waals surface area contributed by atoms with Crippen molar-refractivity contribution < 1.29 is 12.8 Å². The van der Waals surface area contributed by atoms with Gasteiger partial charge in [0.25, 0.3) is 0 Å². The fourth-order valence-corrected chi connectivity index (χ4v) is 4.40. The van der Waals surface area contributed by atoms with Crippen LogP contribution >= 0.6 is 11.6 Å². The summed E-state index contributed by atoms with van der Waals surface area (Å²) < 4.78 is 40.2. The highest BCUT2D eigenvalue weighted by Gasteiger charge is 2.31. The Morgan fingerprint density at radius 2 is 2.25 bits per heavy atom. The van der Waals surface area contributed by atoms with E-state index in [4.69, 9.17) is 11.6 Å². The van der Waals surface area contributed by atoms with Gasteiger partial charge in [-0.15, -0.1) is 0 Å². The minimum Gasteiger partial charge on any atom is -0.319 e. The third-order valence-electron chi connectivity index (χ3n) is 3.49. The second-order valence-electron chi connectivity index (χ2n) is 5.00. The first-order valence-electron chi connectivity index (χ1n) is 6.55. The molecule has 112 valence electrons. The molecular formula is C13H18ClFN2O2S. The van der Waals surface area contributed by atoms with E-state index in [0.29, 0.717) is 13.1 Å². The van der Waals surface area contributed by atoms with Crippen LogP contribution in [0.25, 0.3) is 0 Å². The van der Waals surface area contributed by atoms with Gasteiger partial charge in [-0.25, -0.2) is 12.8 Å². The Morgan fingerprint density at radius 3 is 2.95 bits per heavy atom. The molecule has 0 bridgehead atoms. The van der Waals surface area contributed by atoms with Gasteiger partial charge >= 0.3 is 0 Å². The van der Waals surface area contributed by atoms with Crippen molar-refractivity contribution in [2.24, 2.45) is 5.92 Å². The lowest BCUT2D eigenvalue weighted by atomic mass is 10.00. The normalized spacial score (nSPS) is 21.1. The van der Waals surface area contributed by atoms with E-state index >= 15 is 0 Å². The molecule has 1 aromatic rings. The van der Waals surface area contributed by atoms with Crippen LogP contribution in [0.4, 0.5) is 4.39 Å². The van der Waals surface area contributed by atoms with E-state index in [9.17, 15) is 12.8 Å². The minimum atomic E-state index is -3.82. The van der Waals surface area contributed by atoms with Crippen LogP contribution in [-0.2, 0) is 10.0 Å². The summed E-state index contributed by atoms with van der Waals surface area (Å²) in [5.41, 5.74) is 0. The van der Waals surface area contributed by atoms with E-state index in [0.717, 1.165) is 25.5 Å². The monoisotopic (exact) mass is 320 g/mol. The number of rotatable bonds is 4. The molecule has 1 aliphatic rings. The van der Waals surface area contributed by atoms with Gasteiger partial charge in [0.15, 0.2) is 0 Å². The maximum absolute atomic E-state index is 13.8. The van der Waals surface area contributed by atoms with Crippen LogP contribution in [-0.4, -0.2) is 39.4 Å². The molecule has 2 rings (SSSR count). The molecule has 20 heavy (non-hydrogen) atoms. The number of hydrogen-bond acceptors (Lipinski definition) is 3. The highest BCUT2D eigenvalue weighted by molar-refractivity contribution is 7.89. The van der Waals surface area contributed by atoms with Crippen LogP contribution in [0.2, 0.25) is 5.02 Å². The summed E-state index contributed by atoms with van der Waals surface area (Å²) in [4.78, 5) is -0.338. The SMILES string of the molecule is CNCC1CCCN(S(=O)(=O)c2cc(Cl)ccc2F)C1. The molecule has 1 unspecified atom stereocenters. The molecule has 1 N–H and O–H groups in total. The number of nitrogens with one attached hydrogen (secondary N) is 1. The summed E-state index contributed by atoms with van der Waals surface area (Å²) in [5.74, 6) is -0.504. The average molecular weight is 321 g/mol. The molecule has 0 saturated carbocycles. The standard InChI is InChI=1S/C13H18ClFN2O2S/c1-16-8-10-3-2-6-17(9-10)20(18,19)13-7-11(14)4-5-12(13)15/h4-5,7,10,16H,2-3,6,8-9H2,1H3. The van der Waals surface area contributed by atoms with Gasteiger partial charge in [-0.3, -0.25) is 0 Å². The van der Waals surface area contributed by atoms with Gasteiger partial charge in [0.05, 0.1) is 0 Å². The Bertz CT molecular complexity index is 578. The number of benzene rings is 1. The summed E-state index contributed by atoms with van der Waals surface area (Å²) in [6.45, 7) is 1.59. The second kappa shape index (κ2) is 6.39. The van der Waals surface area contributed by atoms with Gasteiger partial charge in [0.1, 0.15) is 10.7 Å². The van der Waals surface area contributed by atoms with Crippen molar-refractivity contribution in [1.29, 1.82) is 0 Å². The molecule has 1 atom stereocenters. The lowest BCUT2D eigenvalue weighted by molar-refractivity contribution is 0.263. The van der Waals surface area contributed by atoms with E-state index in [-0.39, 0.29) is 15.8 Å². The van der Waals surface area contributed by atoms with Crippen LogP contribution < -0.4 is 5.32 Å². The Kier molecular flexibility index (Phi) is 5.01. The predicted molar refractivity (Wildman–Crippen MR) is 76.8 cm³/mol. The zero-order valence-electron chi connectivity index (χ0n) is 11.3. The van der Waals surface area contributed by atoms with Gasteiger partial charge in [-0.05, 0) is 50.6 Å². The summed E-state index contributed by atoms with van der Waals surface area (Å²) >= 11 is 5.78. The lowest BCUT2D eigenvalue weighted by Crippen LogP contribution is -2.42. The average Bonchev–Trinajstić information content (AvgIpc) is 2.42. The Morgan fingerprint density at radius 1 is 1.50 bits per heavy atom. The van der Waals surface area contributed by atoms with Crippen molar-refractivity contribution in [1.82, 2.24) is 9.62 Å². The van der Waals surface area contributed by atoms with Crippen LogP contribution in [0.5, 0.6) is 0 Å². The molecule has 0 aromatic heterocycles. The first-order chi connectivity index (χ1) is 9.45. The molecule has 1 fully saturated rings. The molecule has 0 radical (unpaired) electrons. The molecule has 1 saturated heterocycles. The molecule has 1 aliphatic heterocycles. The summed E-state index contributed by atoms with van der Waals surface area (Å²) in [5, 5.41) is 3.27. The molecule has 0 aliphatic carbocycles. The molecule has 0 amide bonds. The maximum Gasteiger partial charge on any atom is 0.246 e. The number of halogens is 2. The zero-order valence-corrected chi connectivity index (χ0v) is 12.8. The number of nitrogens with zero attached hydrogens (tertiary/aromatic N) is 1. The van der Waals surface area contributed by atoms with Crippen molar-refractivity contribution in [2.45, 2.75) is 17.7 Å². The highest BCUT2D eigenvalue weighted by atomic mass is 35.5. The van der Waals surface area contributed by atoms with Gasteiger partial charge in [0, 0.05) is 18.1 Å². The fourth-order valence-electron chi connectivity index (χ4n) is 2.51. The Labute approximate surface area is 124 Å². The van der Waals surface area contributed by atoms with Gasteiger partial charge in [0.2, 0.25) is 10.0 Å². The summed E-state index contributed by atoms with van der Waals surface area (Å²) in [6, 6.07) is 3.61. The van der Waals surface area contributed by atoms with E-state index in [2.05, 4.69) is 5.32 Å². The van der Waals surface area contributed by atoms with Crippen LogP contribution in [0, 0.1) is 11.7 Å². The van der Waals surface area contributed by atoms with Crippen LogP contribution in [0.15, 0.2) is 23.1 Å². The van der Waals surface area contributed by atoms with Crippen molar-refractivity contribution in [3.8, 4) is 0 Å². The van der Waals surface area contributed by atoms with Crippen molar-refractivity contribution >= 4 is 21.6 Å². The van der Waals surface area contributed by atoms with Crippen molar-refractivity contribution in [3.63, 3.8) is 0 Å². The molecule has 4 nitrogen and oxygen atoms in total. The van der Waals surface area contributed by atoms with Crippen molar-refractivity contribution in [2.75, 3.05) is 26.7 Å². The van der Waals surface area contributed by atoms with Crippen molar-refractivity contribution in [3.05, 3.63) is 29.0 Å². The van der Waals surface area contributed by atoms with E-state index in [1.54, 1.807) is 0 Å². The molecule has 0 spiro atoms. The molecule has 7 heteroatoms. The zero-order chi connectivity index (χ0) is 14.8. The third-order valence-corrected chi connectivity index (χ3v) is 5.60. The predicted octanol–water partition coefficient (Wildman–Crippen LogP) is 2.10. The highest BCUT2D eigenvalue weighted by Crippen LogP contribution is 2.26. The van der Waals surface area contributed by atoms with E-state index in [1.165, 1.54) is 16.4 Å². The number of hydrogen-bond donors (Lipinski definition) is 1. The third kappa shape index (κ3) is 3.31. The topological polar surface area (TPSA) is 49.4 Å². The first kappa shape index (κ1) is 15.7. The fraction of sp³-hybridized carbons (Fsp3) is 0.538. The smallest absolute Gasteiger partial charge is 0.246 e. The van der Waals surface area contributed by atoms with Gasteiger partial charge in [-0.2, -0.15) is 4.31 Å². The second-order valence-corrected chi connectivity index (χ2v) is 7.35. The minimum absolute atomic E-state index is 0.216. The first-order valence-corrected chi connectivity index (χ1v) is 8.36. The maximum atomic E-state index is 13.8.